The van der Waals surface area contributed by atoms with Crippen LogP contribution in [0.2, 0.25) is 0 Å². The first-order chi connectivity index (χ1) is 7.65. The van der Waals surface area contributed by atoms with E-state index in [-0.39, 0.29) is 0 Å². The Hall–Kier alpha value is -0.0800. The minimum atomic E-state index is 0.680. The molecule has 2 heterocycles. The number of nitrogens with zero attached hydrogens (tertiary/aromatic N) is 2. The van der Waals surface area contributed by atoms with Gasteiger partial charge in [0, 0.05) is 12.6 Å². The van der Waals surface area contributed by atoms with Crippen molar-refractivity contribution in [3.8, 4) is 0 Å². The zero-order valence-corrected chi connectivity index (χ0v) is 11.3. The highest BCUT2D eigenvalue weighted by molar-refractivity contribution is 4.91. The third kappa shape index (κ3) is 2.60. The fourth-order valence-electron chi connectivity index (χ4n) is 3.50. The van der Waals surface area contributed by atoms with Gasteiger partial charge < -0.3 is 9.80 Å². The van der Waals surface area contributed by atoms with Crippen molar-refractivity contribution in [3.63, 3.8) is 0 Å². The van der Waals surface area contributed by atoms with Gasteiger partial charge in [-0.3, -0.25) is 0 Å². The van der Waals surface area contributed by atoms with Crippen LogP contribution in [0.4, 0.5) is 0 Å². The molecule has 0 unspecified atom stereocenters. The van der Waals surface area contributed by atoms with Crippen molar-refractivity contribution in [3.05, 3.63) is 0 Å². The van der Waals surface area contributed by atoms with Crippen molar-refractivity contribution >= 4 is 0 Å². The molecule has 2 rings (SSSR count). The van der Waals surface area contributed by atoms with Gasteiger partial charge >= 0.3 is 0 Å². The first kappa shape index (κ1) is 12.4. The van der Waals surface area contributed by atoms with Crippen LogP contribution in [-0.4, -0.2) is 48.6 Å². The van der Waals surface area contributed by atoms with Crippen LogP contribution >= 0.6 is 0 Å². The second-order valence-electron chi connectivity index (χ2n) is 6.10. The Kier molecular flexibility index (Phi) is 3.91. The topological polar surface area (TPSA) is 6.48 Å². The molecule has 0 amide bonds. The normalized spacial score (nSPS) is 27.8. The van der Waals surface area contributed by atoms with Crippen LogP contribution in [0.5, 0.6) is 0 Å². The van der Waals surface area contributed by atoms with E-state index in [4.69, 9.17) is 0 Å². The smallest absolute Gasteiger partial charge is 0.00388 e. The van der Waals surface area contributed by atoms with Crippen LogP contribution in [0, 0.1) is 5.41 Å². The Bertz CT molecular complexity index is 217. The highest BCUT2D eigenvalue weighted by atomic mass is 15.2. The van der Waals surface area contributed by atoms with Crippen molar-refractivity contribution in [1.82, 2.24) is 9.80 Å². The van der Waals surface area contributed by atoms with Crippen LogP contribution in [0.15, 0.2) is 0 Å². The first-order valence-electron chi connectivity index (χ1n) is 7.12. The summed E-state index contributed by atoms with van der Waals surface area (Å²) in [6, 6.07) is 0.739. The predicted molar refractivity (Wildman–Crippen MR) is 69.7 cm³/mol. The lowest BCUT2D eigenvalue weighted by Crippen LogP contribution is -2.50. The second kappa shape index (κ2) is 5.05. The summed E-state index contributed by atoms with van der Waals surface area (Å²) in [5.41, 5.74) is 0.680. The Morgan fingerprint density at radius 1 is 1.06 bits per heavy atom. The summed E-state index contributed by atoms with van der Waals surface area (Å²) in [5, 5.41) is 0. The molecular formula is C14H28N2. The molecule has 2 fully saturated rings. The zero-order chi connectivity index (χ0) is 11.6. The van der Waals surface area contributed by atoms with Gasteiger partial charge in [0.25, 0.3) is 0 Å². The van der Waals surface area contributed by atoms with Gasteiger partial charge in [-0.25, -0.2) is 0 Å². The summed E-state index contributed by atoms with van der Waals surface area (Å²) >= 11 is 0. The van der Waals surface area contributed by atoms with Gasteiger partial charge in [-0.05, 0) is 71.1 Å². The summed E-state index contributed by atoms with van der Waals surface area (Å²) in [6.45, 7) is 13.6. The van der Waals surface area contributed by atoms with Crippen molar-refractivity contribution in [2.45, 2.75) is 52.5 Å². The van der Waals surface area contributed by atoms with E-state index >= 15 is 0 Å². The highest BCUT2D eigenvalue weighted by Gasteiger charge is 2.38. The van der Waals surface area contributed by atoms with Crippen molar-refractivity contribution in [2.75, 3.05) is 32.7 Å². The average Bonchev–Trinajstić information content (AvgIpc) is 2.29. The van der Waals surface area contributed by atoms with Gasteiger partial charge in [-0.1, -0.05) is 6.92 Å². The lowest BCUT2D eigenvalue weighted by Gasteiger charge is -2.48. The van der Waals surface area contributed by atoms with E-state index in [1.807, 2.05) is 0 Å². The van der Waals surface area contributed by atoms with Gasteiger partial charge in [0.2, 0.25) is 0 Å². The molecule has 2 heteroatoms. The summed E-state index contributed by atoms with van der Waals surface area (Å²) in [7, 11) is 0. The summed E-state index contributed by atoms with van der Waals surface area (Å²) < 4.78 is 0. The second-order valence-corrected chi connectivity index (χ2v) is 6.10. The number of rotatable bonds is 2. The molecule has 0 bridgehead atoms. The van der Waals surface area contributed by atoms with Gasteiger partial charge in [0.05, 0.1) is 0 Å². The molecule has 2 saturated heterocycles. The number of piperidine rings is 2. The maximum Gasteiger partial charge on any atom is 0.00388 e. The molecule has 0 atom stereocenters. The zero-order valence-electron chi connectivity index (χ0n) is 11.3. The SMILES string of the molecule is CCN1CCCC2(CCN(C(C)C)CC2)C1. The van der Waals surface area contributed by atoms with E-state index in [1.54, 1.807) is 0 Å². The van der Waals surface area contributed by atoms with Crippen LogP contribution in [0.3, 0.4) is 0 Å². The van der Waals surface area contributed by atoms with Gasteiger partial charge in [0.15, 0.2) is 0 Å². The highest BCUT2D eigenvalue weighted by Crippen LogP contribution is 2.39. The number of likely N-dealkylation sites (tertiary alicyclic amines) is 2. The fraction of sp³-hybridized carbons (Fsp3) is 1.00. The standard InChI is InChI=1S/C14H28N2/c1-4-15-9-5-6-14(12-15)7-10-16(11-8-14)13(2)3/h13H,4-12H2,1-3H3. The quantitative estimate of drug-likeness (QED) is 0.711. The summed E-state index contributed by atoms with van der Waals surface area (Å²) in [4.78, 5) is 5.31. The molecule has 0 aliphatic carbocycles. The third-order valence-electron chi connectivity index (χ3n) is 4.78. The number of hydrogen-bond donors (Lipinski definition) is 0. The van der Waals surface area contributed by atoms with E-state index < -0.39 is 0 Å². The molecule has 2 nitrogen and oxygen atoms in total. The van der Waals surface area contributed by atoms with E-state index in [2.05, 4.69) is 30.6 Å². The molecule has 0 N–H and O–H groups in total. The lowest BCUT2D eigenvalue weighted by atomic mass is 9.72. The van der Waals surface area contributed by atoms with E-state index in [0.29, 0.717) is 5.41 Å². The molecular weight excluding hydrogens is 196 g/mol. The predicted octanol–water partition coefficient (Wildman–Crippen LogP) is 2.59. The molecule has 0 radical (unpaired) electrons. The van der Waals surface area contributed by atoms with Crippen LogP contribution < -0.4 is 0 Å². The molecule has 0 aromatic carbocycles. The maximum absolute atomic E-state index is 2.66. The lowest BCUT2D eigenvalue weighted by molar-refractivity contribution is 0.0171. The van der Waals surface area contributed by atoms with Crippen molar-refractivity contribution in [2.24, 2.45) is 5.41 Å². The molecule has 0 saturated carbocycles. The van der Waals surface area contributed by atoms with Gasteiger partial charge in [-0.15, -0.1) is 0 Å². The first-order valence-corrected chi connectivity index (χ1v) is 7.12. The van der Waals surface area contributed by atoms with Crippen molar-refractivity contribution in [1.29, 1.82) is 0 Å². The van der Waals surface area contributed by atoms with Gasteiger partial charge in [-0.2, -0.15) is 0 Å². The van der Waals surface area contributed by atoms with E-state index in [0.717, 1.165) is 6.04 Å². The Morgan fingerprint density at radius 2 is 1.75 bits per heavy atom. The third-order valence-corrected chi connectivity index (χ3v) is 4.78. The van der Waals surface area contributed by atoms with Gasteiger partial charge in [0.1, 0.15) is 0 Å². The minimum Gasteiger partial charge on any atom is -0.303 e. The Labute approximate surface area is 101 Å². The van der Waals surface area contributed by atoms with Crippen LogP contribution in [0.1, 0.15) is 46.5 Å². The molecule has 94 valence electrons. The molecule has 16 heavy (non-hydrogen) atoms. The monoisotopic (exact) mass is 224 g/mol. The fourth-order valence-corrected chi connectivity index (χ4v) is 3.50. The van der Waals surface area contributed by atoms with Crippen LogP contribution in [0.25, 0.3) is 0 Å². The average molecular weight is 224 g/mol. The number of hydrogen-bond acceptors (Lipinski definition) is 2. The molecule has 0 aromatic heterocycles. The summed E-state index contributed by atoms with van der Waals surface area (Å²) in [5.74, 6) is 0. The Morgan fingerprint density at radius 3 is 2.31 bits per heavy atom. The van der Waals surface area contributed by atoms with E-state index in [1.165, 1.54) is 58.4 Å². The molecule has 2 aliphatic heterocycles. The van der Waals surface area contributed by atoms with Crippen molar-refractivity contribution < 1.29 is 0 Å². The molecule has 1 spiro atoms. The molecule has 2 aliphatic rings. The minimum absolute atomic E-state index is 0.680. The summed E-state index contributed by atoms with van der Waals surface area (Å²) in [6.07, 6.45) is 5.77. The molecule has 0 aromatic rings. The largest absolute Gasteiger partial charge is 0.303 e. The Balaban J connectivity index is 1.90. The maximum atomic E-state index is 2.66. The van der Waals surface area contributed by atoms with Crippen LogP contribution in [-0.2, 0) is 0 Å². The van der Waals surface area contributed by atoms with E-state index in [9.17, 15) is 0 Å².